The Bertz CT molecular complexity index is 1220. The summed E-state index contributed by atoms with van der Waals surface area (Å²) in [4.78, 5) is 21.0. The van der Waals surface area contributed by atoms with Gasteiger partial charge in [0.05, 0.1) is 47.4 Å². The van der Waals surface area contributed by atoms with Gasteiger partial charge in [0.15, 0.2) is 0 Å². The molecule has 1 saturated heterocycles. The van der Waals surface area contributed by atoms with Gasteiger partial charge in [-0.3, -0.25) is 9.79 Å². The lowest BCUT2D eigenvalue weighted by molar-refractivity contribution is -0.185. The quantitative estimate of drug-likeness (QED) is 0.517. The topological polar surface area (TPSA) is 97.0 Å². The number of benzene rings is 1. The minimum absolute atomic E-state index is 0.101. The number of fused-ring (bicyclic) bond motifs is 1. The molecule has 36 heavy (non-hydrogen) atoms. The Kier molecular flexibility index (Phi) is 6.61. The van der Waals surface area contributed by atoms with E-state index in [2.05, 4.69) is 27.5 Å². The number of anilines is 2. The molecule has 1 aromatic heterocycles. The molecular weight excluding hydrogens is 480 g/mol. The molecular formula is C27H33ClN4O4. The molecule has 2 unspecified atom stereocenters. The number of nitrogens with one attached hydrogen (secondary N) is 3. The first-order chi connectivity index (χ1) is 17.2. The van der Waals surface area contributed by atoms with Gasteiger partial charge in [0.1, 0.15) is 18.5 Å². The second kappa shape index (κ2) is 9.57. The molecule has 8 nitrogen and oxygen atoms in total. The Morgan fingerprint density at radius 2 is 2.14 bits per heavy atom. The van der Waals surface area contributed by atoms with E-state index >= 15 is 0 Å². The van der Waals surface area contributed by atoms with E-state index in [1.807, 2.05) is 45.2 Å². The van der Waals surface area contributed by atoms with E-state index in [0.29, 0.717) is 49.1 Å². The highest BCUT2D eigenvalue weighted by molar-refractivity contribution is 6.31. The van der Waals surface area contributed by atoms with Crippen molar-refractivity contribution in [2.45, 2.75) is 57.7 Å². The molecule has 9 heteroatoms. The van der Waals surface area contributed by atoms with Gasteiger partial charge in [0, 0.05) is 42.0 Å². The van der Waals surface area contributed by atoms with Crippen molar-refractivity contribution in [1.29, 1.82) is 0 Å². The molecule has 5 rings (SSSR count). The highest BCUT2D eigenvalue weighted by Gasteiger charge is 2.41. The summed E-state index contributed by atoms with van der Waals surface area (Å²) in [6, 6.07) is 5.71. The molecule has 3 aliphatic rings. The zero-order valence-electron chi connectivity index (χ0n) is 21.2. The number of aromatic amines is 1. The minimum atomic E-state index is -0.580. The van der Waals surface area contributed by atoms with Crippen LogP contribution in [0.15, 0.2) is 35.2 Å². The number of halogens is 1. The largest absolute Gasteiger partial charge is 0.493 e. The van der Waals surface area contributed by atoms with Gasteiger partial charge in [-0.15, -0.1) is 0 Å². The average molecular weight is 513 g/mol. The third-order valence-electron chi connectivity index (χ3n) is 7.14. The molecule has 0 spiro atoms. The summed E-state index contributed by atoms with van der Waals surface area (Å²) >= 11 is 6.40. The number of hydrogen-bond acceptors (Lipinski definition) is 6. The Hall–Kier alpha value is -2.81. The van der Waals surface area contributed by atoms with Crippen LogP contribution in [0.3, 0.4) is 0 Å². The van der Waals surface area contributed by atoms with Crippen molar-refractivity contribution >= 4 is 35.1 Å². The number of rotatable bonds is 6. The SMILES string of the molecule is Cc1c(Cl)cccc1Nc1c(C2(C)CC=NC=C2OCC2COC(C)(C)CO2)[nH]c2c1C(=O)NCC2. The van der Waals surface area contributed by atoms with Crippen LogP contribution in [0.25, 0.3) is 0 Å². The minimum Gasteiger partial charge on any atom is -0.493 e. The first kappa shape index (κ1) is 24.9. The predicted molar refractivity (Wildman–Crippen MR) is 141 cm³/mol. The predicted octanol–water partition coefficient (Wildman–Crippen LogP) is 4.79. The van der Waals surface area contributed by atoms with E-state index in [9.17, 15) is 4.79 Å². The molecule has 0 radical (unpaired) electrons. The zero-order chi connectivity index (χ0) is 25.5. The van der Waals surface area contributed by atoms with Crippen molar-refractivity contribution in [3.05, 3.63) is 57.7 Å². The average Bonchev–Trinajstić information content (AvgIpc) is 3.22. The maximum absolute atomic E-state index is 13.0. The van der Waals surface area contributed by atoms with E-state index in [0.717, 1.165) is 34.7 Å². The standard InChI is InChI=1S/C27H33ClN4O4/c1-16-18(28)6-5-7-19(16)31-23-22-20(8-10-30-25(22)33)32-24(23)27(4)9-11-29-12-21(27)34-13-17-14-36-26(2,3)15-35-17/h5-7,11-12,17,31-32H,8-10,13-15H2,1-4H3,(H,30,33). The molecule has 0 bridgehead atoms. The van der Waals surface area contributed by atoms with E-state index in [1.54, 1.807) is 6.20 Å². The van der Waals surface area contributed by atoms with Gasteiger partial charge in [-0.05, 0) is 45.4 Å². The molecule has 192 valence electrons. The van der Waals surface area contributed by atoms with Crippen molar-refractivity contribution in [2.24, 2.45) is 4.99 Å². The van der Waals surface area contributed by atoms with Gasteiger partial charge in [-0.1, -0.05) is 17.7 Å². The number of carbonyl (C=O) groups is 1. The Labute approximate surface area is 216 Å². The maximum atomic E-state index is 13.0. The number of nitrogens with zero attached hydrogens (tertiary/aromatic N) is 1. The van der Waals surface area contributed by atoms with Crippen LogP contribution in [0.2, 0.25) is 5.02 Å². The highest BCUT2D eigenvalue weighted by Crippen LogP contribution is 2.45. The smallest absolute Gasteiger partial charge is 0.255 e. The van der Waals surface area contributed by atoms with Crippen molar-refractivity contribution in [1.82, 2.24) is 10.3 Å². The summed E-state index contributed by atoms with van der Waals surface area (Å²) in [7, 11) is 0. The van der Waals surface area contributed by atoms with Gasteiger partial charge in [0.2, 0.25) is 0 Å². The van der Waals surface area contributed by atoms with Gasteiger partial charge >= 0.3 is 0 Å². The molecule has 4 heterocycles. The molecule has 3 aliphatic heterocycles. The number of hydrogen-bond donors (Lipinski definition) is 3. The Morgan fingerprint density at radius 3 is 2.92 bits per heavy atom. The zero-order valence-corrected chi connectivity index (χ0v) is 21.9. The highest BCUT2D eigenvalue weighted by atomic mass is 35.5. The van der Waals surface area contributed by atoms with Crippen LogP contribution in [0, 0.1) is 6.92 Å². The third kappa shape index (κ3) is 4.65. The van der Waals surface area contributed by atoms with Crippen LogP contribution >= 0.6 is 11.6 Å². The van der Waals surface area contributed by atoms with Crippen molar-refractivity contribution in [2.75, 3.05) is 31.7 Å². The van der Waals surface area contributed by atoms with E-state index in [1.165, 1.54) is 0 Å². The van der Waals surface area contributed by atoms with Gasteiger partial charge in [-0.25, -0.2) is 0 Å². The summed E-state index contributed by atoms with van der Waals surface area (Å²) in [5.41, 5.74) is 4.04. The Morgan fingerprint density at radius 1 is 1.31 bits per heavy atom. The first-order valence-corrected chi connectivity index (χ1v) is 12.7. The fourth-order valence-corrected chi connectivity index (χ4v) is 5.00. The molecule has 1 aromatic carbocycles. The van der Waals surface area contributed by atoms with Crippen LogP contribution in [-0.2, 0) is 26.0 Å². The van der Waals surface area contributed by atoms with Crippen LogP contribution in [-0.4, -0.2) is 55.2 Å². The fraction of sp³-hybridized carbons (Fsp3) is 0.481. The first-order valence-electron chi connectivity index (χ1n) is 12.3. The normalized spacial score (nSPS) is 25.1. The molecule has 2 atom stereocenters. The number of ether oxygens (including phenoxy) is 3. The summed E-state index contributed by atoms with van der Waals surface area (Å²) in [6.07, 6.45) is 4.80. The number of carbonyl (C=O) groups excluding carboxylic acids is 1. The molecule has 3 N–H and O–H groups in total. The number of aromatic nitrogens is 1. The molecule has 0 saturated carbocycles. The second-order valence-electron chi connectivity index (χ2n) is 10.4. The molecule has 1 amide bonds. The summed E-state index contributed by atoms with van der Waals surface area (Å²) in [5.74, 6) is 0.610. The lowest BCUT2D eigenvalue weighted by atomic mass is 9.79. The van der Waals surface area contributed by atoms with E-state index < -0.39 is 5.41 Å². The summed E-state index contributed by atoms with van der Waals surface area (Å²) in [5, 5.41) is 7.17. The maximum Gasteiger partial charge on any atom is 0.255 e. The van der Waals surface area contributed by atoms with Crippen LogP contribution in [0.1, 0.15) is 54.5 Å². The van der Waals surface area contributed by atoms with Gasteiger partial charge in [-0.2, -0.15) is 0 Å². The Balaban J connectivity index is 1.49. The van der Waals surface area contributed by atoms with Crippen molar-refractivity contribution < 1.29 is 19.0 Å². The third-order valence-corrected chi connectivity index (χ3v) is 7.55. The summed E-state index contributed by atoms with van der Waals surface area (Å²) in [6.45, 7) is 10.0. The van der Waals surface area contributed by atoms with E-state index in [-0.39, 0.29) is 17.6 Å². The fourth-order valence-electron chi connectivity index (χ4n) is 4.82. The van der Waals surface area contributed by atoms with Crippen molar-refractivity contribution in [3.8, 4) is 0 Å². The molecule has 2 aromatic rings. The number of aliphatic imine (C=N–C) groups is 1. The van der Waals surface area contributed by atoms with Gasteiger partial charge in [0.25, 0.3) is 5.91 Å². The monoisotopic (exact) mass is 512 g/mol. The number of amides is 1. The molecule has 0 aliphatic carbocycles. The number of H-pyrrole nitrogens is 1. The van der Waals surface area contributed by atoms with E-state index in [4.69, 9.17) is 25.8 Å². The van der Waals surface area contributed by atoms with Crippen LogP contribution in [0.5, 0.6) is 0 Å². The van der Waals surface area contributed by atoms with Crippen LogP contribution in [0.4, 0.5) is 11.4 Å². The second-order valence-corrected chi connectivity index (χ2v) is 10.9. The van der Waals surface area contributed by atoms with Gasteiger partial charge < -0.3 is 29.8 Å². The lowest BCUT2D eigenvalue weighted by Gasteiger charge is -2.37. The summed E-state index contributed by atoms with van der Waals surface area (Å²) < 4.78 is 18.2. The molecule has 1 fully saturated rings. The lowest BCUT2D eigenvalue weighted by Crippen LogP contribution is -2.44. The van der Waals surface area contributed by atoms with Crippen molar-refractivity contribution in [3.63, 3.8) is 0 Å². The van der Waals surface area contributed by atoms with Crippen LogP contribution < -0.4 is 10.6 Å². The number of allylic oxidation sites excluding steroid dienone is 1.